The van der Waals surface area contributed by atoms with Crippen LogP contribution in [0.3, 0.4) is 0 Å². The second-order valence-electron chi connectivity index (χ2n) is 8.65. The molecule has 1 aromatic rings. The van der Waals surface area contributed by atoms with Crippen LogP contribution >= 0.6 is 23.5 Å². The number of likely N-dealkylation sites (N-methyl/N-ethyl adjacent to an activating group) is 1. The molecule has 1 aromatic carbocycles. The van der Waals surface area contributed by atoms with E-state index in [9.17, 15) is 4.79 Å². The van der Waals surface area contributed by atoms with Crippen molar-refractivity contribution >= 4 is 29.5 Å². The van der Waals surface area contributed by atoms with E-state index in [1.165, 1.54) is 25.3 Å². The number of amides is 1. The molecule has 1 aliphatic heterocycles. The molecule has 0 radical (unpaired) electrons. The molecule has 2 fully saturated rings. The largest absolute Gasteiger partial charge is 0.369 e. The normalized spacial score (nSPS) is 17.2. The van der Waals surface area contributed by atoms with Crippen LogP contribution < -0.4 is 0 Å². The lowest BCUT2D eigenvalue weighted by molar-refractivity contribution is -0.152. The van der Waals surface area contributed by atoms with Crippen LogP contribution in [0.2, 0.25) is 5.02 Å². The van der Waals surface area contributed by atoms with Gasteiger partial charge in [-0.2, -0.15) is 5.26 Å². The Bertz CT molecular complexity index is 872. The van der Waals surface area contributed by atoms with Crippen molar-refractivity contribution in [1.82, 2.24) is 9.21 Å². The quantitative estimate of drug-likeness (QED) is 0.231. The molecule has 0 bridgehead atoms. The van der Waals surface area contributed by atoms with Gasteiger partial charge < -0.3 is 9.64 Å². The Balaban J connectivity index is 0.000000838. The zero-order chi connectivity index (χ0) is 28.2. The highest BCUT2D eigenvalue weighted by Crippen LogP contribution is 2.36. The maximum absolute atomic E-state index is 12.6. The second-order valence-corrected chi connectivity index (χ2v) is 10.6. The summed E-state index contributed by atoms with van der Waals surface area (Å²) in [5, 5.41) is 8.81. The summed E-state index contributed by atoms with van der Waals surface area (Å²) >= 11 is 7.93. The number of hydrogen-bond donors (Lipinski definition) is 0. The summed E-state index contributed by atoms with van der Waals surface area (Å²) in [5.74, 6) is 0.0814. The number of nitriles is 1. The number of halogens is 1. The maximum Gasteiger partial charge on any atom is 0.249 e. The number of ether oxygens (including phenoxy) is 1. The van der Waals surface area contributed by atoms with Crippen molar-refractivity contribution < 1.29 is 9.53 Å². The van der Waals surface area contributed by atoms with Gasteiger partial charge in [0.2, 0.25) is 5.91 Å². The average Bonchev–Trinajstić information content (AvgIpc) is 3.69. The van der Waals surface area contributed by atoms with Crippen molar-refractivity contribution in [3.63, 3.8) is 0 Å². The Hall–Kier alpha value is -2.04. The summed E-state index contributed by atoms with van der Waals surface area (Å²) in [6.07, 6.45) is 11.3. The second kappa shape index (κ2) is 21.0. The Labute approximate surface area is 235 Å². The van der Waals surface area contributed by atoms with Gasteiger partial charge in [-0.05, 0) is 57.9 Å². The summed E-state index contributed by atoms with van der Waals surface area (Å²) in [7, 11) is 2.13. The fraction of sp³-hybridized carbons (Fsp3) is 0.533. The molecule has 0 aromatic heterocycles. The highest BCUT2D eigenvalue weighted by Gasteiger charge is 2.35. The molecule has 37 heavy (non-hydrogen) atoms. The summed E-state index contributed by atoms with van der Waals surface area (Å²) in [6.45, 7) is 16.9. The maximum atomic E-state index is 12.6. The fourth-order valence-corrected chi connectivity index (χ4v) is 4.73. The Kier molecular flexibility index (Phi) is 19.8. The first kappa shape index (κ1) is 35.0. The molecule has 0 N–H and O–H groups in total. The smallest absolute Gasteiger partial charge is 0.249 e. The number of hydrogen-bond acceptors (Lipinski definition) is 5. The Morgan fingerprint density at radius 3 is 2.38 bits per heavy atom. The molecule has 3 rings (SSSR count). The van der Waals surface area contributed by atoms with Gasteiger partial charge in [-0.3, -0.25) is 9.10 Å². The van der Waals surface area contributed by atoms with Gasteiger partial charge in [-0.25, -0.2) is 0 Å². The number of nitrogens with zero attached hydrogens (tertiary/aromatic N) is 3. The van der Waals surface area contributed by atoms with Crippen LogP contribution in [0.15, 0.2) is 60.7 Å². The highest BCUT2D eigenvalue weighted by atomic mass is 35.5. The summed E-state index contributed by atoms with van der Waals surface area (Å²) in [5.41, 5.74) is 2.39. The van der Waals surface area contributed by atoms with Gasteiger partial charge in [0.15, 0.2) is 0 Å². The highest BCUT2D eigenvalue weighted by molar-refractivity contribution is 7.97. The van der Waals surface area contributed by atoms with Gasteiger partial charge in [-0.1, -0.05) is 92.9 Å². The molecule has 1 saturated carbocycles. The Morgan fingerprint density at radius 2 is 1.89 bits per heavy atom. The molecule has 1 heterocycles. The zero-order valence-corrected chi connectivity index (χ0v) is 25.3. The minimum absolute atomic E-state index is 0.0345. The lowest BCUT2D eigenvalue weighted by atomic mass is 10.0. The van der Waals surface area contributed by atoms with E-state index in [0.717, 1.165) is 23.8 Å². The van der Waals surface area contributed by atoms with Crippen LogP contribution in [0.5, 0.6) is 0 Å². The fourth-order valence-electron chi connectivity index (χ4n) is 3.49. The van der Waals surface area contributed by atoms with E-state index in [4.69, 9.17) is 21.6 Å². The van der Waals surface area contributed by atoms with Crippen molar-refractivity contribution in [2.24, 2.45) is 0 Å². The van der Waals surface area contributed by atoms with Crippen molar-refractivity contribution in [1.29, 1.82) is 5.26 Å². The summed E-state index contributed by atoms with van der Waals surface area (Å²) in [4.78, 5) is 14.6. The first-order valence-electron chi connectivity index (χ1n) is 13.0. The first-order valence-corrected chi connectivity index (χ1v) is 14.2. The van der Waals surface area contributed by atoms with E-state index in [1.54, 1.807) is 12.1 Å². The minimum atomic E-state index is -0.0345. The standard InChI is InChI=1S/C18H25ClN2O2S.C8H12.C2H3N.C2H6/c1-3-15(10-20(2)24-16-8-9-16)21-17(11-23-12-18(21)22)13-4-6-14(19)7-5-13;1-4-5-6-7-8(2)3;1-2-3;1-2/h4-7,15-17H,3,8-12H2,1-2H3;4-7H,1H2,2-3H3;1H3;1-2H3/b;6-5-;;. The van der Waals surface area contributed by atoms with Crippen LogP contribution in [0.1, 0.15) is 72.4 Å². The molecule has 0 spiro atoms. The molecule has 1 aliphatic carbocycles. The third-order valence-corrected chi connectivity index (χ3v) is 6.77. The summed E-state index contributed by atoms with van der Waals surface area (Å²) < 4.78 is 7.84. The molecule has 2 aliphatic rings. The zero-order valence-electron chi connectivity index (χ0n) is 23.7. The van der Waals surface area contributed by atoms with Gasteiger partial charge in [0.05, 0.1) is 18.7 Å². The molecular weight excluding hydrogens is 502 g/mol. The van der Waals surface area contributed by atoms with Gasteiger partial charge in [0, 0.05) is 29.8 Å². The molecular formula is C30H46ClN3O2S. The molecule has 2 unspecified atom stereocenters. The number of carbonyl (C=O) groups excluding carboxylic acids is 1. The lowest BCUT2D eigenvalue weighted by Gasteiger charge is -2.42. The van der Waals surface area contributed by atoms with E-state index in [-0.39, 0.29) is 24.6 Å². The topological polar surface area (TPSA) is 56.6 Å². The van der Waals surface area contributed by atoms with E-state index in [2.05, 4.69) is 38.7 Å². The number of allylic oxidation sites excluding steroid dienone is 5. The van der Waals surface area contributed by atoms with Crippen molar-refractivity contribution in [2.45, 2.75) is 78.1 Å². The number of morpholine rings is 1. The van der Waals surface area contributed by atoms with Gasteiger partial charge in [0.1, 0.15) is 6.61 Å². The number of rotatable bonds is 9. The van der Waals surface area contributed by atoms with Gasteiger partial charge in [0.25, 0.3) is 0 Å². The lowest BCUT2D eigenvalue weighted by Crippen LogP contribution is -2.52. The van der Waals surface area contributed by atoms with Crippen molar-refractivity contribution in [3.8, 4) is 6.07 Å². The average molecular weight is 548 g/mol. The molecule has 7 heteroatoms. The minimum Gasteiger partial charge on any atom is -0.369 e. The monoisotopic (exact) mass is 547 g/mol. The van der Waals surface area contributed by atoms with Crippen LogP contribution in [0.25, 0.3) is 0 Å². The predicted octanol–water partition coefficient (Wildman–Crippen LogP) is 8.01. The van der Waals surface area contributed by atoms with Crippen molar-refractivity contribution in [3.05, 3.63) is 71.3 Å². The van der Waals surface area contributed by atoms with Crippen LogP contribution in [0, 0.1) is 11.3 Å². The summed E-state index contributed by atoms with van der Waals surface area (Å²) in [6, 6.07) is 9.66. The van der Waals surface area contributed by atoms with E-state index in [0.29, 0.717) is 11.6 Å². The van der Waals surface area contributed by atoms with Crippen LogP contribution in [0.4, 0.5) is 0 Å². The van der Waals surface area contributed by atoms with Crippen LogP contribution in [-0.2, 0) is 9.53 Å². The molecule has 2 atom stereocenters. The molecule has 1 saturated heterocycles. The van der Waals surface area contributed by atoms with Crippen molar-refractivity contribution in [2.75, 3.05) is 26.8 Å². The van der Waals surface area contributed by atoms with Gasteiger partial charge >= 0.3 is 0 Å². The SMILES string of the molecule is C=C/C=C\C=C(C)C.CC.CC#N.CCC(CN(C)SC1CC1)N1C(=O)COCC1c1ccc(Cl)cc1. The molecule has 1 amide bonds. The first-order chi connectivity index (χ1) is 17.8. The number of carbonyl (C=O) groups is 1. The predicted molar refractivity (Wildman–Crippen MR) is 161 cm³/mol. The molecule has 5 nitrogen and oxygen atoms in total. The van der Waals surface area contributed by atoms with Gasteiger partial charge in [-0.15, -0.1) is 0 Å². The number of benzene rings is 1. The molecule has 206 valence electrons. The van der Waals surface area contributed by atoms with E-state index < -0.39 is 0 Å². The third kappa shape index (κ3) is 15.1. The van der Waals surface area contributed by atoms with E-state index >= 15 is 0 Å². The third-order valence-electron chi connectivity index (χ3n) is 5.24. The Morgan fingerprint density at radius 1 is 1.30 bits per heavy atom. The van der Waals surface area contributed by atoms with Crippen LogP contribution in [-0.4, -0.2) is 53.2 Å². The van der Waals surface area contributed by atoms with E-state index in [1.807, 2.05) is 73.2 Å².